The summed E-state index contributed by atoms with van der Waals surface area (Å²) in [4.78, 5) is 25.0. The van der Waals surface area contributed by atoms with Crippen molar-refractivity contribution in [1.29, 1.82) is 0 Å². The predicted molar refractivity (Wildman–Crippen MR) is 123 cm³/mol. The Morgan fingerprint density at radius 1 is 0.968 bits per heavy atom. The lowest BCUT2D eigenvalue weighted by molar-refractivity contribution is -0.139. The minimum atomic E-state index is -1.17. The van der Waals surface area contributed by atoms with Crippen molar-refractivity contribution in [2.24, 2.45) is 0 Å². The number of aliphatic carboxylic acids is 1. The Bertz CT molecular complexity index is 1130. The number of carboxylic acids is 1. The first kappa shape index (κ1) is 23.0. The summed E-state index contributed by atoms with van der Waals surface area (Å²) in [6.45, 7) is 0. The molecule has 8 heteroatoms. The maximum absolute atomic E-state index is 12.6. The van der Waals surface area contributed by atoms with Crippen molar-refractivity contribution in [2.75, 3.05) is 6.26 Å². The van der Waals surface area contributed by atoms with Crippen LogP contribution in [-0.2, 0) is 22.0 Å². The number of amides is 1. The minimum Gasteiger partial charge on any atom is -0.480 e. The summed E-state index contributed by atoms with van der Waals surface area (Å²) in [7, 11) is -1.14. The fourth-order valence-electron chi connectivity index (χ4n) is 3.16. The topological polar surface area (TPSA) is 83.5 Å². The average Bonchev–Trinajstić information content (AvgIpc) is 2.73. The van der Waals surface area contributed by atoms with Crippen molar-refractivity contribution in [1.82, 2.24) is 5.32 Å². The quantitative estimate of drug-likeness (QED) is 0.512. The Kier molecular flexibility index (Phi) is 7.49. The van der Waals surface area contributed by atoms with Crippen molar-refractivity contribution in [3.05, 3.63) is 87.9 Å². The SMILES string of the molecule is CS(=O)c1ccccc1-c1ccc(C[C@H](NC(=O)c2c(Cl)cccc2Cl)C(=O)O)cc1. The third-order valence-corrected chi connectivity index (χ3v) is 6.30. The van der Waals surface area contributed by atoms with Gasteiger partial charge in [-0.3, -0.25) is 9.00 Å². The molecule has 1 unspecified atom stereocenters. The zero-order chi connectivity index (χ0) is 22.5. The third kappa shape index (κ3) is 5.53. The van der Waals surface area contributed by atoms with Crippen LogP contribution in [0, 0.1) is 0 Å². The number of halogens is 2. The largest absolute Gasteiger partial charge is 0.480 e. The molecule has 0 aliphatic heterocycles. The predicted octanol–water partition coefficient (Wildman–Crippen LogP) is 4.82. The van der Waals surface area contributed by atoms with E-state index in [1.54, 1.807) is 24.5 Å². The summed E-state index contributed by atoms with van der Waals surface area (Å²) in [5.41, 5.74) is 2.48. The summed E-state index contributed by atoms with van der Waals surface area (Å²) in [5, 5.41) is 12.4. The van der Waals surface area contributed by atoms with Gasteiger partial charge < -0.3 is 10.4 Å². The van der Waals surface area contributed by atoms with Crippen LogP contribution < -0.4 is 5.32 Å². The highest BCUT2D eigenvalue weighted by atomic mass is 35.5. The van der Waals surface area contributed by atoms with E-state index < -0.39 is 28.7 Å². The standard InChI is InChI=1S/C23H19Cl2NO4S/c1-31(30)20-8-3-2-5-16(20)15-11-9-14(10-12-15)13-19(23(28)29)26-22(27)21-17(24)6-4-7-18(21)25/h2-12,19H,13H2,1H3,(H,26,27)(H,28,29)/t19-,31?/m0/s1. The summed E-state index contributed by atoms with van der Waals surface area (Å²) in [6, 6.07) is 18.1. The molecule has 0 bridgehead atoms. The fourth-order valence-corrected chi connectivity index (χ4v) is 4.49. The molecule has 2 N–H and O–H groups in total. The van der Waals surface area contributed by atoms with Gasteiger partial charge in [0.25, 0.3) is 5.91 Å². The number of hydrogen-bond donors (Lipinski definition) is 2. The molecule has 2 atom stereocenters. The van der Waals surface area contributed by atoms with Gasteiger partial charge in [-0.15, -0.1) is 0 Å². The van der Waals surface area contributed by atoms with Gasteiger partial charge in [-0.25, -0.2) is 4.79 Å². The number of nitrogens with one attached hydrogen (secondary N) is 1. The van der Waals surface area contributed by atoms with Crippen LogP contribution in [0.5, 0.6) is 0 Å². The van der Waals surface area contributed by atoms with Gasteiger partial charge in [-0.2, -0.15) is 0 Å². The van der Waals surface area contributed by atoms with Crippen molar-refractivity contribution in [2.45, 2.75) is 17.4 Å². The van der Waals surface area contributed by atoms with E-state index >= 15 is 0 Å². The lowest BCUT2D eigenvalue weighted by Gasteiger charge is -2.16. The zero-order valence-electron chi connectivity index (χ0n) is 16.5. The van der Waals surface area contributed by atoms with Gasteiger partial charge in [0.2, 0.25) is 0 Å². The lowest BCUT2D eigenvalue weighted by atomic mass is 10.0. The van der Waals surface area contributed by atoms with Gasteiger partial charge in [0.1, 0.15) is 6.04 Å². The van der Waals surface area contributed by atoms with E-state index in [0.717, 1.165) is 21.6 Å². The molecule has 0 aliphatic carbocycles. The van der Waals surface area contributed by atoms with E-state index in [4.69, 9.17) is 23.2 Å². The van der Waals surface area contributed by atoms with Crippen molar-refractivity contribution in [3.8, 4) is 11.1 Å². The maximum Gasteiger partial charge on any atom is 0.326 e. The highest BCUT2D eigenvalue weighted by Gasteiger charge is 2.24. The Morgan fingerprint density at radius 2 is 1.58 bits per heavy atom. The molecule has 31 heavy (non-hydrogen) atoms. The molecule has 3 aromatic rings. The van der Waals surface area contributed by atoms with Crippen LogP contribution in [-0.4, -0.2) is 33.5 Å². The molecule has 0 spiro atoms. The van der Waals surface area contributed by atoms with Crippen LogP contribution in [0.1, 0.15) is 15.9 Å². The molecule has 0 saturated carbocycles. The Hall–Kier alpha value is -2.67. The first-order chi connectivity index (χ1) is 14.8. The van der Waals surface area contributed by atoms with Crippen LogP contribution in [0.4, 0.5) is 0 Å². The van der Waals surface area contributed by atoms with Crippen molar-refractivity contribution < 1.29 is 18.9 Å². The number of rotatable bonds is 7. The first-order valence-electron chi connectivity index (χ1n) is 9.27. The highest BCUT2D eigenvalue weighted by molar-refractivity contribution is 7.84. The Morgan fingerprint density at radius 3 is 2.16 bits per heavy atom. The molecular formula is C23H19Cl2NO4S. The summed E-state index contributed by atoms with van der Waals surface area (Å²) < 4.78 is 12.0. The minimum absolute atomic E-state index is 0.0385. The van der Waals surface area contributed by atoms with E-state index in [1.165, 1.54) is 12.1 Å². The smallest absolute Gasteiger partial charge is 0.326 e. The molecule has 0 aromatic heterocycles. The molecule has 3 aromatic carbocycles. The van der Waals surface area contributed by atoms with Crippen LogP contribution in [0.15, 0.2) is 71.6 Å². The van der Waals surface area contributed by atoms with E-state index in [1.807, 2.05) is 36.4 Å². The number of carbonyl (C=O) groups is 2. The fraction of sp³-hybridized carbons (Fsp3) is 0.130. The second-order valence-electron chi connectivity index (χ2n) is 6.81. The molecule has 160 valence electrons. The maximum atomic E-state index is 12.6. The summed E-state index contributed by atoms with van der Waals surface area (Å²) in [5.74, 6) is -1.83. The average molecular weight is 476 g/mol. The van der Waals surface area contributed by atoms with Crippen LogP contribution in [0.25, 0.3) is 11.1 Å². The molecular weight excluding hydrogens is 457 g/mol. The zero-order valence-corrected chi connectivity index (χ0v) is 18.8. The number of benzene rings is 3. The van der Waals surface area contributed by atoms with Crippen LogP contribution in [0.2, 0.25) is 10.0 Å². The number of carbonyl (C=O) groups excluding carboxylic acids is 1. The molecule has 0 heterocycles. The van der Waals surface area contributed by atoms with Gasteiger partial charge in [0.05, 0.1) is 26.4 Å². The molecule has 1 amide bonds. The summed E-state index contributed by atoms with van der Waals surface area (Å²) >= 11 is 12.1. The second kappa shape index (κ2) is 10.1. The highest BCUT2D eigenvalue weighted by Crippen LogP contribution is 2.27. The van der Waals surface area contributed by atoms with E-state index in [9.17, 15) is 18.9 Å². The number of hydrogen-bond acceptors (Lipinski definition) is 3. The van der Waals surface area contributed by atoms with Gasteiger partial charge in [-0.05, 0) is 34.9 Å². The van der Waals surface area contributed by atoms with Crippen LogP contribution in [0.3, 0.4) is 0 Å². The van der Waals surface area contributed by atoms with Crippen molar-refractivity contribution in [3.63, 3.8) is 0 Å². The molecule has 3 rings (SSSR count). The lowest BCUT2D eigenvalue weighted by Crippen LogP contribution is -2.42. The van der Waals surface area contributed by atoms with Gasteiger partial charge in [-0.1, -0.05) is 71.7 Å². The second-order valence-corrected chi connectivity index (χ2v) is 8.97. The monoisotopic (exact) mass is 475 g/mol. The van der Waals surface area contributed by atoms with Gasteiger partial charge >= 0.3 is 5.97 Å². The molecule has 0 saturated heterocycles. The van der Waals surface area contributed by atoms with Gasteiger partial charge in [0.15, 0.2) is 0 Å². The molecule has 0 radical (unpaired) electrons. The van der Waals surface area contributed by atoms with E-state index in [-0.39, 0.29) is 22.0 Å². The molecule has 0 fully saturated rings. The third-order valence-electron chi connectivity index (χ3n) is 4.69. The van der Waals surface area contributed by atoms with Crippen molar-refractivity contribution >= 4 is 45.9 Å². The number of carboxylic acid groups (broad SMARTS) is 1. The van der Waals surface area contributed by atoms with E-state index in [2.05, 4.69) is 5.32 Å². The first-order valence-corrected chi connectivity index (χ1v) is 11.6. The van der Waals surface area contributed by atoms with Crippen LogP contribution >= 0.6 is 23.2 Å². The van der Waals surface area contributed by atoms with E-state index in [0.29, 0.717) is 0 Å². The molecule has 0 aliphatic rings. The molecule has 5 nitrogen and oxygen atoms in total. The Labute approximate surface area is 192 Å². The summed E-state index contributed by atoms with van der Waals surface area (Å²) in [6.07, 6.45) is 1.70. The normalized spacial score (nSPS) is 12.7. The van der Waals surface area contributed by atoms with Gasteiger partial charge in [0, 0.05) is 17.6 Å². The Balaban J connectivity index is 1.79.